The molecule has 0 saturated carbocycles. The summed E-state index contributed by atoms with van der Waals surface area (Å²) in [5, 5.41) is 6.66. The van der Waals surface area contributed by atoms with Crippen molar-refractivity contribution in [3.8, 4) is 0 Å². The Hall–Kier alpha value is -2.08. The summed E-state index contributed by atoms with van der Waals surface area (Å²) in [7, 11) is 4.15. The normalized spacial score (nSPS) is 15.0. The van der Waals surface area contributed by atoms with E-state index in [4.69, 9.17) is 0 Å². The molecule has 0 radical (unpaired) electrons. The maximum atomic E-state index is 11.6. The number of nitrogens with one attached hydrogen (secondary N) is 2. The minimum atomic E-state index is 0.295. The molecule has 2 rings (SSSR count). The number of rotatable bonds is 9. The molecule has 1 aliphatic heterocycles. The first-order valence-electron chi connectivity index (χ1n) is 9.61. The number of carbonyl (C=O) groups is 1. The molecule has 2 N–H and O–H groups in total. The molecule has 1 aliphatic rings. The summed E-state index contributed by atoms with van der Waals surface area (Å²) in [6.45, 7) is 7.05. The van der Waals surface area contributed by atoms with Crippen molar-refractivity contribution in [1.82, 2.24) is 20.4 Å². The van der Waals surface area contributed by atoms with Gasteiger partial charge >= 0.3 is 0 Å². The van der Waals surface area contributed by atoms with E-state index >= 15 is 0 Å². The lowest BCUT2D eigenvalue weighted by Crippen LogP contribution is -2.39. The van der Waals surface area contributed by atoms with Gasteiger partial charge in [-0.1, -0.05) is 24.3 Å². The number of carbonyl (C=O) groups excluding carboxylic acids is 1. The first-order chi connectivity index (χ1) is 12.6. The number of hydrogen-bond donors (Lipinski definition) is 2. The second-order valence-corrected chi connectivity index (χ2v) is 7.02. The van der Waals surface area contributed by atoms with Crippen LogP contribution in [-0.2, 0) is 17.9 Å². The van der Waals surface area contributed by atoms with Gasteiger partial charge in [-0.2, -0.15) is 0 Å². The molecule has 6 nitrogen and oxygen atoms in total. The Bertz CT molecular complexity index is 600. The van der Waals surface area contributed by atoms with E-state index in [1.165, 1.54) is 11.1 Å². The number of guanidine groups is 1. The minimum absolute atomic E-state index is 0.295. The number of hydrogen-bond acceptors (Lipinski definition) is 3. The Balaban J connectivity index is 1.81. The molecular formula is C20H33N5O. The molecule has 1 amide bonds. The molecule has 1 aromatic carbocycles. The van der Waals surface area contributed by atoms with Crippen molar-refractivity contribution in [3.63, 3.8) is 0 Å². The average molecular weight is 360 g/mol. The van der Waals surface area contributed by atoms with Crippen molar-refractivity contribution in [1.29, 1.82) is 0 Å². The third kappa shape index (κ3) is 7.04. The zero-order chi connectivity index (χ0) is 18.8. The second kappa shape index (κ2) is 10.8. The van der Waals surface area contributed by atoms with Crippen LogP contribution in [0.2, 0.25) is 0 Å². The van der Waals surface area contributed by atoms with Crippen LogP contribution in [0.5, 0.6) is 0 Å². The van der Waals surface area contributed by atoms with Crippen LogP contribution in [0.15, 0.2) is 29.3 Å². The van der Waals surface area contributed by atoms with Gasteiger partial charge in [0.2, 0.25) is 5.91 Å². The molecule has 0 spiro atoms. The van der Waals surface area contributed by atoms with Gasteiger partial charge in [-0.15, -0.1) is 0 Å². The van der Waals surface area contributed by atoms with Gasteiger partial charge in [0.15, 0.2) is 5.96 Å². The standard InChI is InChI=1S/C20H33N5O/c1-4-21-20(22-11-7-13-25-12-6-10-19(25)26)23-15-17-8-5-9-18(14-17)16-24(2)3/h5,8-9,14H,4,6-7,10-13,15-16H2,1-3H3,(H2,21,22,23). The highest BCUT2D eigenvalue weighted by Gasteiger charge is 2.18. The fourth-order valence-electron chi connectivity index (χ4n) is 3.12. The lowest BCUT2D eigenvalue weighted by molar-refractivity contribution is -0.127. The Morgan fingerprint density at radius 1 is 1.27 bits per heavy atom. The highest BCUT2D eigenvalue weighted by Crippen LogP contribution is 2.09. The largest absolute Gasteiger partial charge is 0.357 e. The summed E-state index contributed by atoms with van der Waals surface area (Å²) in [6, 6.07) is 8.57. The zero-order valence-electron chi connectivity index (χ0n) is 16.4. The highest BCUT2D eigenvalue weighted by molar-refractivity contribution is 5.79. The van der Waals surface area contributed by atoms with Gasteiger partial charge in [0.1, 0.15) is 0 Å². The molecule has 0 aliphatic carbocycles. The first kappa shape index (κ1) is 20.2. The predicted molar refractivity (Wildman–Crippen MR) is 107 cm³/mol. The fourth-order valence-corrected chi connectivity index (χ4v) is 3.12. The van der Waals surface area contributed by atoms with Crippen molar-refractivity contribution >= 4 is 11.9 Å². The van der Waals surface area contributed by atoms with Gasteiger partial charge in [-0.3, -0.25) is 4.79 Å². The van der Waals surface area contributed by atoms with Crippen LogP contribution >= 0.6 is 0 Å². The van der Waals surface area contributed by atoms with Gasteiger partial charge < -0.3 is 20.4 Å². The number of benzene rings is 1. The van der Waals surface area contributed by atoms with Crippen LogP contribution in [0.1, 0.15) is 37.3 Å². The van der Waals surface area contributed by atoms with Crippen LogP contribution in [0, 0.1) is 0 Å². The average Bonchev–Trinajstić information content (AvgIpc) is 3.01. The number of nitrogens with zero attached hydrogens (tertiary/aromatic N) is 3. The summed E-state index contributed by atoms with van der Waals surface area (Å²) in [6.07, 6.45) is 2.65. The van der Waals surface area contributed by atoms with E-state index in [-0.39, 0.29) is 0 Å². The third-order valence-electron chi connectivity index (χ3n) is 4.32. The second-order valence-electron chi connectivity index (χ2n) is 7.02. The summed E-state index contributed by atoms with van der Waals surface area (Å²) in [4.78, 5) is 20.4. The van der Waals surface area contributed by atoms with Crippen LogP contribution in [0.25, 0.3) is 0 Å². The van der Waals surface area contributed by atoms with Crippen molar-refractivity contribution in [2.24, 2.45) is 4.99 Å². The van der Waals surface area contributed by atoms with E-state index in [2.05, 4.69) is 65.8 Å². The Morgan fingerprint density at radius 3 is 2.77 bits per heavy atom. The zero-order valence-corrected chi connectivity index (χ0v) is 16.4. The molecule has 1 aromatic rings. The van der Waals surface area contributed by atoms with E-state index in [1.54, 1.807) is 0 Å². The summed E-state index contributed by atoms with van der Waals surface area (Å²) < 4.78 is 0. The molecule has 0 atom stereocenters. The van der Waals surface area contributed by atoms with E-state index in [0.29, 0.717) is 18.9 Å². The molecule has 0 unspecified atom stereocenters. The monoisotopic (exact) mass is 359 g/mol. The lowest BCUT2D eigenvalue weighted by Gasteiger charge is -2.16. The molecular weight excluding hydrogens is 326 g/mol. The van der Waals surface area contributed by atoms with Gasteiger partial charge in [-0.25, -0.2) is 4.99 Å². The van der Waals surface area contributed by atoms with Crippen LogP contribution < -0.4 is 10.6 Å². The third-order valence-corrected chi connectivity index (χ3v) is 4.32. The summed E-state index contributed by atoms with van der Waals surface area (Å²) >= 11 is 0. The Morgan fingerprint density at radius 2 is 2.08 bits per heavy atom. The van der Waals surface area contributed by atoms with E-state index in [1.807, 2.05) is 4.90 Å². The van der Waals surface area contributed by atoms with Gasteiger partial charge in [-0.05, 0) is 45.0 Å². The van der Waals surface area contributed by atoms with Crippen molar-refractivity contribution < 1.29 is 4.79 Å². The van der Waals surface area contributed by atoms with Crippen LogP contribution in [-0.4, -0.2) is 61.9 Å². The van der Waals surface area contributed by atoms with E-state index < -0.39 is 0 Å². The number of aliphatic imine (C=N–C) groups is 1. The first-order valence-corrected chi connectivity index (χ1v) is 9.61. The molecule has 0 aromatic heterocycles. The van der Waals surface area contributed by atoms with E-state index in [0.717, 1.165) is 51.5 Å². The number of likely N-dealkylation sites (tertiary alicyclic amines) is 1. The minimum Gasteiger partial charge on any atom is -0.357 e. The van der Waals surface area contributed by atoms with Crippen molar-refractivity contribution in [2.75, 3.05) is 40.3 Å². The topological polar surface area (TPSA) is 60.0 Å². The van der Waals surface area contributed by atoms with Crippen molar-refractivity contribution in [2.45, 2.75) is 39.3 Å². The molecule has 1 saturated heterocycles. The smallest absolute Gasteiger partial charge is 0.222 e. The van der Waals surface area contributed by atoms with E-state index in [9.17, 15) is 4.79 Å². The highest BCUT2D eigenvalue weighted by atomic mass is 16.2. The molecule has 144 valence electrons. The van der Waals surface area contributed by atoms with Crippen LogP contribution in [0.3, 0.4) is 0 Å². The molecule has 26 heavy (non-hydrogen) atoms. The molecule has 1 heterocycles. The maximum absolute atomic E-state index is 11.6. The maximum Gasteiger partial charge on any atom is 0.222 e. The fraction of sp³-hybridized carbons (Fsp3) is 0.600. The van der Waals surface area contributed by atoms with Gasteiger partial charge in [0.25, 0.3) is 0 Å². The van der Waals surface area contributed by atoms with Crippen molar-refractivity contribution in [3.05, 3.63) is 35.4 Å². The molecule has 6 heteroatoms. The summed E-state index contributed by atoms with van der Waals surface area (Å²) in [5.74, 6) is 1.13. The number of amides is 1. The van der Waals surface area contributed by atoms with Crippen LogP contribution in [0.4, 0.5) is 0 Å². The summed E-state index contributed by atoms with van der Waals surface area (Å²) in [5.41, 5.74) is 2.51. The Labute approximate surface area is 157 Å². The van der Waals surface area contributed by atoms with Gasteiger partial charge in [0, 0.05) is 39.1 Å². The quantitative estimate of drug-likeness (QED) is 0.401. The predicted octanol–water partition coefficient (Wildman–Crippen LogP) is 1.82. The molecule has 0 bridgehead atoms. The SMILES string of the molecule is CCNC(=NCc1cccc(CN(C)C)c1)NCCCN1CCCC1=O. The lowest BCUT2D eigenvalue weighted by atomic mass is 10.1. The van der Waals surface area contributed by atoms with Gasteiger partial charge in [0.05, 0.1) is 6.54 Å². The Kier molecular flexibility index (Phi) is 8.41. The molecule has 1 fully saturated rings.